The third-order valence-electron chi connectivity index (χ3n) is 1.36. The smallest absolute Gasteiger partial charge is 0.193 e. The zero-order valence-corrected chi connectivity index (χ0v) is 9.43. The van der Waals surface area contributed by atoms with Crippen LogP contribution in [0.4, 0.5) is 0 Å². The Morgan fingerprint density at radius 1 is 1.25 bits per heavy atom. The van der Waals surface area contributed by atoms with Gasteiger partial charge in [-0.25, -0.2) is 0 Å². The molecule has 0 fully saturated rings. The molecule has 0 aliphatic rings. The Kier molecular flexibility index (Phi) is 4.12. The zero-order chi connectivity index (χ0) is 9.99. The van der Waals surface area contributed by atoms with Crippen LogP contribution in [-0.2, 0) is 4.52 Å². The summed E-state index contributed by atoms with van der Waals surface area (Å²) in [5, 5.41) is 0. The van der Waals surface area contributed by atoms with Gasteiger partial charge < -0.3 is 0 Å². The van der Waals surface area contributed by atoms with E-state index in [-0.39, 0.29) is 11.1 Å². The van der Waals surface area contributed by atoms with Crippen LogP contribution < -0.4 is 0 Å². The van der Waals surface area contributed by atoms with E-state index in [0.717, 1.165) is 0 Å². The summed E-state index contributed by atoms with van der Waals surface area (Å²) in [4.78, 5) is 18.8. The fourth-order valence-corrected chi connectivity index (χ4v) is 1.31. The van der Waals surface area contributed by atoms with Crippen molar-refractivity contribution < 1.29 is 14.3 Å². The number of hydrogen-bond donors (Lipinski definition) is 2. The molecule has 74 valence electrons. The average molecular weight is 195 g/mol. The Morgan fingerprint density at radius 3 is 1.92 bits per heavy atom. The first-order chi connectivity index (χ1) is 5.15. The minimum absolute atomic E-state index is 0.0222. The SMILES string of the molecule is CC(C)[P+](O)(O)OCC(C)(C)C. The lowest BCUT2D eigenvalue weighted by atomic mass is 9.99. The second-order valence-electron chi connectivity index (χ2n) is 4.52. The van der Waals surface area contributed by atoms with E-state index in [2.05, 4.69) is 0 Å². The maximum atomic E-state index is 9.40. The maximum absolute atomic E-state index is 9.40. The van der Waals surface area contributed by atoms with Gasteiger partial charge in [0.15, 0.2) is 0 Å². The molecule has 0 unspecified atom stereocenters. The van der Waals surface area contributed by atoms with Gasteiger partial charge in [0.1, 0.15) is 12.3 Å². The van der Waals surface area contributed by atoms with Gasteiger partial charge in [0.25, 0.3) is 0 Å². The van der Waals surface area contributed by atoms with Gasteiger partial charge in [-0.05, 0) is 19.3 Å². The van der Waals surface area contributed by atoms with Crippen molar-refractivity contribution in [1.82, 2.24) is 0 Å². The lowest BCUT2D eigenvalue weighted by Gasteiger charge is -2.20. The molecule has 0 saturated carbocycles. The summed E-state index contributed by atoms with van der Waals surface area (Å²) in [6, 6.07) is 0. The summed E-state index contributed by atoms with van der Waals surface area (Å²) in [6.07, 6.45) is 0. The van der Waals surface area contributed by atoms with Crippen molar-refractivity contribution in [2.45, 2.75) is 40.3 Å². The molecule has 0 aliphatic heterocycles. The Labute approximate surface area is 75.3 Å². The van der Waals surface area contributed by atoms with Crippen LogP contribution in [0.15, 0.2) is 0 Å². The van der Waals surface area contributed by atoms with Gasteiger partial charge >= 0.3 is 7.94 Å². The molecule has 12 heavy (non-hydrogen) atoms. The van der Waals surface area contributed by atoms with Crippen LogP contribution in [0.3, 0.4) is 0 Å². The molecule has 0 amide bonds. The Morgan fingerprint density at radius 2 is 1.67 bits per heavy atom. The molecule has 0 aromatic rings. The van der Waals surface area contributed by atoms with Gasteiger partial charge in [-0.15, -0.1) is 0 Å². The molecule has 0 heterocycles. The van der Waals surface area contributed by atoms with Crippen LogP contribution in [0.5, 0.6) is 0 Å². The standard InChI is InChI=1S/C8H20O3P/c1-7(2)12(9,10)11-6-8(3,4)5/h7,9-10H,6H2,1-5H3/q+1. The van der Waals surface area contributed by atoms with E-state index in [1.165, 1.54) is 0 Å². The van der Waals surface area contributed by atoms with Crippen molar-refractivity contribution in [1.29, 1.82) is 0 Å². The molecule has 4 heteroatoms. The Bertz CT molecular complexity index is 138. The highest BCUT2D eigenvalue weighted by atomic mass is 31.2. The molecule has 0 rings (SSSR count). The van der Waals surface area contributed by atoms with Gasteiger partial charge in [0.2, 0.25) is 0 Å². The third kappa shape index (κ3) is 5.04. The lowest BCUT2D eigenvalue weighted by Crippen LogP contribution is -2.18. The fourth-order valence-electron chi connectivity index (χ4n) is 0.438. The van der Waals surface area contributed by atoms with Gasteiger partial charge in [-0.2, -0.15) is 14.3 Å². The topological polar surface area (TPSA) is 49.7 Å². The first-order valence-electron chi connectivity index (χ1n) is 4.14. The summed E-state index contributed by atoms with van der Waals surface area (Å²) in [5.74, 6) is 0. The summed E-state index contributed by atoms with van der Waals surface area (Å²) in [7, 11) is -3.11. The molecule has 0 aliphatic carbocycles. The molecule has 2 N–H and O–H groups in total. The van der Waals surface area contributed by atoms with Gasteiger partial charge in [0.05, 0.1) is 0 Å². The quantitative estimate of drug-likeness (QED) is 0.679. The van der Waals surface area contributed by atoms with Crippen LogP contribution in [0.1, 0.15) is 34.6 Å². The van der Waals surface area contributed by atoms with E-state index < -0.39 is 7.94 Å². The van der Waals surface area contributed by atoms with Crippen molar-refractivity contribution >= 4 is 7.94 Å². The number of rotatable bonds is 3. The lowest BCUT2D eigenvalue weighted by molar-refractivity contribution is 0.153. The predicted molar refractivity (Wildman–Crippen MR) is 51.9 cm³/mol. The Hall–Kier alpha value is 0.310. The first-order valence-corrected chi connectivity index (χ1v) is 5.82. The number of hydrogen-bond acceptors (Lipinski definition) is 3. The third-order valence-corrected chi connectivity index (χ3v) is 3.21. The molecule has 0 atom stereocenters. The molecule has 0 aromatic carbocycles. The second kappa shape index (κ2) is 4.01. The van der Waals surface area contributed by atoms with Crippen molar-refractivity contribution in [3.8, 4) is 0 Å². The van der Waals surface area contributed by atoms with E-state index >= 15 is 0 Å². The van der Waals surface area contributed by atoms with Crippen molar-refractivity contribution in [2.75, 3.05) is 6.61 Å². The molecule has 0 saturated heterocycles. The second-order valence-corrected chi connectivity index (χ2v) is 6.99. The summed E-state index contributed by atoms with van der Waals surface area (Å²) in [6.45, 7) is 9.85. The molecule has 0 radical (unpaired) electrons. The van der Waals surface area contributed by atoms with Gasteiger partial charge in [-0.1, -0.05) is 20.8 Å². The zero-order valence-electron chi connectivity index (χ0n) is 8.53. The van der Waals surface area contributed by atoms with E-state index in [4.69, 9.17) is 4.52 Å². The van der Waals surface area contributed by atoms with Crippen molar-refractivity contribution in [3.63, 3.8) is 0 Å². The molecule has 3 nitrogen and oxygen atoms in total. The summed E-state index contributed by atoms with van der Waals surface area (Å²) >= 11 is 0. The van der Waals surface area contributed by atoms with E-state index in [9.17, 15) is 9.79 Å². The molecule has 0 bridgehead atoms. The fraction of sp³-hybridized carbons (Fsp3) is 1.00. The van der Waals surface area contributed by atoms with E-state index in [0.29, 0.717) is 6.61 Å². The molecular weight excluding hydrogens is 175 g/mol. The predicted octanol–water partition coefficient (Wildman–Crippen LogP) is 2.20. The van der Waals surface area contributed by atoms with Crippen LogP contribution >= 0.6 is 7.94 Å². The monoisotopic (exact) mass is 195 g/mol. The minimum atomic E-state index is -3.11. The van der Waals surface area contributed by atoms with Crippen LogP contribution in [0.25, 0.3) is 0 Å². The van der Waals surface area contributed by atoms with Crippen LogP contribution in [0, 0.1) is 5.41 Å². The van der Waals surface area contributed by atoms with Gasteiger partial charge in [0, 0.05) is 0 Å². The Balaban J connectivity index is 3.93. The largest absolute Gasteiger partial charge is 0.408 e. The molecule has 0 aromatic heterocycles. The minimum Gasteiger partial charge on any atom is -0.193 e. The van der Waals surface area contributed by atoms with Gasteiger partial charge in [-0.3, -0.25) is 0 Å². The summed E-state index contributed by atoms with van der Waals surface area (Å²) in [5.41, 5.74) is -0.231. The highest BCUT2D eigenvalue weighted by Crippen LogP contribution is 2.56. The van der Waals surface area contributed by atoms with Crippen molar-refractivity contribution in [2.24, 2.45) is 5.41 Å². The normalized spacial score (nSPS) is 14.0. The van der Waals surface area contributed by atoms with Crippen molar-refractivity contribution in [3.05, 3.63) is 0 Å². The maximum Gasteiger partial charge on any atom is 0.408 e. The first kappa shape index (κ1) is 12.3. The van der Waals surface area contributed by atoms with E-state index in [1.54, 1.807) is 13.8 Å². The van der Waals surface area contributed by atoms with Crippen LogP contribution in [-0.4, -0.2) is 22.1 Å². The van der Waals surface area contributed by atoms with E-state index in [1.807, 2.05) is 20.8 Å². The summed E-state index contributed by atoms with van der Waals surface area (Å²) < 4.78 is 5.08. The molecule has 0 spiro atoms. The average Bonchev–Trinajstić information content (AvgIpc) is 1.82. The highest BCUT2D eigenvalue weighted by molar-refractivity contribution is 7.60. The van der Waals surface area contributed by atoms with Crippen LogP contribution in [0.2, 0.25) is 0 Å². The highest BCUT2D eigenvalue weighted by Gasteiger charge is 2.41. The molecular formula is C8H20O3P+.